The lowest BCUT2D eigenvalue weighted by Crippen LogP contribution is -2.55. The molecule has 11 nitrogen and oxygen atoms in total. The molecule has 1 fully saturated rings. The van der Waals surface area contributed by atoms with Gasteiger partial charge >= 0.3 is 18.4 Å². The highest BCUT2D eigenvalue weighted by Crippen LogP contribution is 2.35. The number of methoxy groups -OCH3 is 1. The fourth-order valence-electron chi connectivity index (χ4n) is 5.22. The van der Waals surface area contributed by atoms with Crippen LogP contribution in [0, 0.1) is 11.8 Å². The Labute approximate surface area is 279 Å². The number of rotatable bonds is 7. The Morgan fingerprint density at radius 1 is 1.14 bits per heavy atom. The number of piperidine rings is 1. The van der Waals surface area contributed by atoms with Gasteiger partial charge in [0.15, 0.2) is 9.84 Å². The summed E-state index contributed by atoms with van der Waals surface area (Å²) in [4.78, 5) is 26.1. The Hall–Kier alpha value is -4.72. The van der Waals surface area contributed by atoms with Crippen molar-refractivity contribution in [2.24, 2.45) is 0 Å². The van der Waals surface area contributed by atoms with Gasteiger partial charge in [0, 0.05) is 29.9 Å². The largest absolute Gasteiger partial charge is 0.495 e. The van der Waals surface area contributed by atoms with E-state index in [-0.39, 0.29) is 51.6 Å². The van der Waals surface area contributed by atoms with Crippen LogP contribution >= 0.6 is 0 Å². The van der Waals surface area contributed by atoms with Gasteiger partial charge in [0.25, 0.3) is 5.92 Å². The summed E-state index contributed by atoms with van der Waals surface area (Å²) in [5.41, 5.74) is -0.888. The summed E-state index contributed by atoms with van der Waals surface area (Å²) in [6.07, 6.45) is -6.33. The molecular formula is C32H35F5N4O7S. The summed E-state index contributed by atoms with van der Waals surface area (Å²) in [6, 6.07) is 7.79. The van der Waals surface area contributed by atoms with Gasteiger partial charge in [0.1, 0.15) is 17.9 Å². The van der Waals surface area contributed by atoms with Crippen molar-refractivity contribution in [3.05, 3.63) is 48.2 Å². The highest BCUT2D eigenvalue weighted by atomic mass is 32.2. The molecule has 2 aromatic carbocycles. The average molecular weight is 715 g/mol. The number of fused-ring (bicyclic) bond motifs is 1. The van der Waals surface area contributed by atoms with Crippen LogP contribution < -0.4 is 15.0 Å². The number of hydrogen-bond acceptors (Lipinski definition) is 7. The summed E-state index contributed by atoms with van der Waals surface area (Å²) < 4.78 is 107. The first-order chi connectivity index (χ1) is 22.6. The molecule has 0 spiro atoms. The number of carboxylic acid groups (broad SMARTS) is 1. The second-order valence-electron chi connectivity index (χ2n) is 12.4. The Bertz CT molecular complexity index is 1910. The van der Waals surface area contributed by atoms with Gasteiger partial charge in [0.05, 0.1) is 48.0 Å². The molecule has 266 valence electrons. The van der Waals surface area contributed by atoms with Gasteiger partial charge in [-0.25, -0.2) is 26.8 Å². The SMILES string of the molecule is COc1cc(S(C)(=O)=O)ccc1N(CC#Cc1cc2c(NC3CCN(C(=O)O)CC3(F)F)cccc2n1CC(F)(F)F)C(=O)OC(C)(C)C. The summed E-state index contributed by atoms with van der Waals surface area (Å²) >= 11 is 0. The van der Waals surface area contributed by atoms with Gasteiger partial charge < -0.3 is 29.4 Å². The Morgan fingerprint density at radius 3 is 2.41 bits per heavy atom. The molecule has 3 aromatic rings. The molecule has 0 saturated carbocycles. The minimum Gasteiger partial charge on any atom is -0.495 e. The number of likely N-dealkylation sites (tertiary alicyclic amines) is 1. The molecule has 2 N–H and O–H groups in total. The smallest absolute Gasteiger partial charge is 0.415 e. The van der Waals surface area contributed by atoms with Crippen molar-refractivity contribution in [3.8, 4) is 17.6 Å². The number of hydrogen-bond donors (Lipinski definition) is 2. The number of aromatic nitrogens is 1. The highest BCUT2D eigenvalue weighted by molar-refractivity contribution is 7.90. The van der Waals surface area contributed by atoms with E-state index < -0.39 is 65.4 Å². The van der Waals surface area contributed by atoms with Crippen molar-refractivity contribution in [3.63, 3.8) is 0 Å². The second kappa shape index (κ2) is 13.7. The number of carbonyl (C=O) groups is 2. The van der Waals surface area contributed by atoms with E-state index in [1.807, 2.05) is 0 Å². The summed E-state index contributed by atoms with van der Waals surface area (Å²) in [7, 11) is -2.39. The van der Waals surface area contributed by atoms with Gasteiger partial charge in [-0.3, -0.25) is 4.90 Å². The fourth-order valence-corrected chi connectivity index (χ4v) is 5.85. The molecule has 2 amide bonds. The van der Waals surface area contributed by atoms with E-state index in [0.29, 0.717) is 4.90 Å². The molecule has 49 heavy (non-hydrogen) atoms. The van der Waals surface area contributed by atoms with Gasteiger partial charge in [-0.05, 0) is 63.4 Å². The topological polar surface area (TPSA) is 130 Å². The first kappa shape index (κ1) is 37.1. The monoisotopic (exact) mass is 714 g/mol. The number of benzene rings is 2. The summed E-state index contributed by atoms with van der Waals surface area (Å²) in [5, 5.41) is 12.0. The number of halogens is 5. The quantitative estimate of drug-likeness (QED) is 0.218. The number of alkyl halides is 5. The number of nitrogens with one attached hydrogen (secondary N) is 1. The zero-order valence-electron chi connectivity index (χ0n) is 27.2. The number of carbonyl (C=O) groups excluding carboxylic acids is 1. The minimum absolute atomic E-state index is 0.0107. The van der Waals surface area contributed by atoms with E-state index in [2.05, 4.69) is 17.2 Å². The van der Waals surface area contributed by atoms with Crippen LogP contribution in [-0.4, -0.2) is 91.9 Å². The van der Waals surface area contributed by atoms with Crippen molar-refractivity contribution in [2.45, 2.75) is 62.4 Å². The zero-order valence-corrected chi connectivity index (χ0v) is 28.0. The van der Waals surface area contributed by atoms with Crippen LogP contribution in [0.25, 0.3) is 10.9 Å². The third kappa shape index (κ3) is 9.05. The molecule has 1 aliphatic rings. The van der Waals surface area contributed by atoms with Crippen molar-refractivity contribution >= 4 is 44.3 Å². The maximum Gasteiger partial charge on any atom is 0.415 e. The van der Waals surface area contributed by atoms with E-state index in [9.17, 15) is 40.0 Å². The molecule has 1 unspecified atom stereocenters. The van der Waals surface area contributed by atoms with Crippen LogP contribution in [0.2, 0.25) is 0 Å². The third-order valence-electron chi connectivity index (χ3n) is 7.42. The summed E-state index contributed by atoms with van der Waals surface area (Å²) in [6.45, 7) is 1.74. The molecule has 1 atom stereocenters. The van der Waals surface area contributed by atoms with E-state index in [1.165, 1.54) is 49.6 Å². The molecule has 0 aliphatic carbocycles. The summed E-state index contributed by atoms with van der Waals surface area (Å²) in [5.74, 6) is 1.87. The Kier molecular flexibility index (Phi) is 10.3. The van der Waals surface area contributed by atoms with Crippen molar-refractivity contribution in [1.29, 1.82) is 0 Å². The van der Waals surface area contributed by atoms with Crippen LogP contribution in [-0.2, 0) is 21.1 Å². The number of ether oxygens (including phenoxy) is 2. The van der Waals surface area contributed by atoms with E-state index in [4.69, 9.17) is 14.6 Å². The fraction of sp³-hybridized carbons (Fsp3) is 0.438. The molecular weight excluding hydrogens is 679 g/mol. The van der Waals surface area contributed by atoms with Crippen LogP contribution in [0.4, 0.5) is 42.9 Å². The predicted octanol–water partition coefficient (Wildman–Crippen LogP) is 6.21. The maximum absolute atomic E-state index is 14.9. The number of nitrogens with zero attached hydrogens (tertiary/aromatic N) is 3. The number of sulfone groups is 1. The molecule has 1 aromatic heterocycles. The molecule has 1 aliphatic heterocycles. The first-order valence-electron chi connectivity index (χ1n) is 14.8. The zero-order chi connectivity index (χ0) is 36.5. The van der Waals surface area contributed by atoms with Crippen LogP contribution in [0.15, 0.2) is 47.4 Å². The predicted molar refractivity (Wildman–Crippen MR) is 171 cm³/mol. The van der Waals surface area contributed by atoms with E-state index in [0.717, 1.165) is 15.7 Å². The Morgan fingerprint density at radius 2 is 1.84 bits per heavy atom. The maximum atomic E-state index is 14.9. The van der Waals surface area contributed by atoms with Gasteiger partial charge in [-0.1, -0.05) is 12.0 Å². The van der Waals surface area contributed by atoms with Gasteiger partial charge in [0.2, 0.25) is 0 Å². The normalized spacial score (nSPS) is 16.4. The van der Waals surface area contributed by atoms with Gasteiger partial charge in [-0.15, -0.1) is 0 Å². The minimum atomic E-state index is -4.69. The van der Waals surface area contributed by atoms with Crippen molar-refractivity contribution in [2.75, 3.05) is 43.2 Å². The van der Waals surface area contributed by atoms with E-state index >= 15 is 0 Å². The highest BCUT2D eigenvalue weighted by Gasteiger charge is 2.46. The lowest BCUT2D eigenvalue weighted by atomic mass is 10.00. The third-order valence-corrected chi connectivity index (χ3v) is 8.53. The van der Waals surface area contributed by atoms with E-state index in [1.54, 1.807) is 20.8 Å². The molecule has 0 bridgehead atoms. The molecule has 0 radical (unpaired) electrons. The molecule has 2 heterocycles. The number of amides is 2. The van der Waals surface area contributed by atoms with Crippen LogP contribution in [0.1, 0.15) is 32.9 Å². The lowest BCUT2D eigenvalue weighted by Gasteiger charge is -2.37. The molecule has 17 heteroatoms. The van der Waals surface area contributed by atoms with Crippen molar-refractivity contribution in [1.82, 2.24) is 9.47 Å². The first-order valence-corrected chi connectivity index (χ1v) is 16.7. The van der Waals surface area contributed by atoms with Gasteiger partial charge in [-0.2, -0.15) is 13.2 Å². The Balaban J connectivity index is 1.75. The van der Waals surface area contributed by atoms with Crippen LogP contribution in [0.3, 0.4) is 0 Å². The van der Waals surface area contributed by atoms with Crippen molar-refractivity contribution < 1.29 is 54.5 Å². The lowest BCUT2D eigenvalue weighted by molar-refractivity contribution is -0.140. The number of anilines is 2. The second-order valence-corrected chi connectivity index (χ2v) is 14.4. The standard InChI is InChI=1S/C32H35F5N4O7S/c1-30(2,3)48-29(44)40(25-12-11-21(49(5,45)46)17-26(25)47-4)14-7-8-20-16-22-23(9-6-10-24(22)41(20)19-32(35,36)37)38-27-13-15-39(28(42)43)18-31(27,33)34/h6,9-12,16-17,27,38H,13-15,18-19H2,1-5H3,(H,42,43). The average Bonchev–Trinajstić information content (AvgIpc) is 3.30. The molecule has 4 rings (SSSR count). The van der Waals surface area contributed by atoms with Crippen LogP contribution in [0.5, 0.6) is 5.75 Å². The molecule has 1 saturated heterocycles.